The largest absolute Gasteiger partial charge is 0.383 e. The summed E-state index contributed by atoms with van der Waals surface area (Å²) >= 11 is 6.20. The molecule has 3 nitrogen and oxygen atoms in total. The highest BCUT2D eigenvalue weighted by Gasteiger charge is 2.28. The second kappa shape index (κ2) is 6.19. The molecule has 2 rings (SSSR count). The second-order valence-corrected chi connectivity index (χ2v) is 5.02. The van der Waals surface area contributed by atoms with Crippen LogP contribution in [0.2, 0.25) is 5.02 Å². The summed E-state index contributed by atoms with van der Waals surface area (Å²) in [4.78, 5) is 2.40. The molecule has 4 heteroatoms. The molecule has 0 heterocycles. The minimum absolute atomic E-state index is 0.610. The molecule has 18 heavy (non-hydrogen) atoms. The molecule has 96 valence electrons. The first-order chi connectivity index (χ1) is 8.74. The van der Waals surface area contributed by atoms with Gasteiger partial charge in [-0.05, 0) is 30.5 Å². The van der Waals surface area contributed by atoms with E-state index in [-0.39, 0.29) is 0 Å². The molecule has 0 aromatic heterocycles. The number of benzene rings is 1. The summed E-state index contributed by atoms with van der Waals surface area (Å²) in [5.74, 6) is 0. The summed E-state index contributed by atoms with van der Waals surface area (Å²) in [6.07, 6.45) is 2.52. The van der Waals surface area contributed by atoms with Gasteiger partial charge in [0.05, 0.1) is 18.2 Å². The van der Waals surface area contributed by atoms with Gasteiger partial charge in [0.2, 0.25) is 0 Å². The molecule has 0 saturated heterocycles. The molecule has 0 aliphatic heterocycles. The van der Waals surface area contributed by atoms with E-state index in [1.54, 1.807) is 13.2 Å². The highest BCUT2D eigenvalue weighted by Crippen LogP contribution is 2.29. The fraction of sp³-hybridized carbons (Fsp3) is 0.500. The zero-order chi connectivity index (χ0) is 13.0. The first-order valence-corrected chi connectivity index (χ1v) is 6.54. The summed E-state index contributed by atoms with van der Waals surface area (Å²) in [6.45, 7) is 2.50. The summed E-state index contributed by atoms with van der Waals surface area (Å²) in [6, 6.07) is 8.28. The molecule has 1 aliphatic rings. The smallest absolute Gasteiger partial charge is 0.0992 e. The number of nitriles is 1. The van der Waals surface area contributed by atoms with Gasteiger partial charge in [0.15, 0.2) is 0 Å². The predicted octanol–water partition coefficient (Wildman–Crippen LogP) is 2.82. The van der Waals surface area contributed by atoms with E-state index in [4.69, 9.17) is 21.6 Å². The minimum atomic E-state index is 0.610. The first kappa shape index (κ1) is 13.4. The molecular formula is C14H17ClN2O. The Hall–Kier alpha value is -1.08. The van der Waals surface area contributed by atoms with Crippen LogP contribution in [0, 0.1) is 11.3 Å². The average Bonchev–Trinajstić information content (AvgIpc) is 3.20. The van der Waals surface area contributed by atoms with Crippen molar-refractivity contribution in [1.82, 2.24) is 4.90 Å². The lowest BCUT2D eigenvalue weighted by molar-refractivity contribution is 0.139. The highest BCUT2D eigenvalue weighted by atomic mass is 35.5. The molecule has 0 bridgehead atoms. The summed E-state index contributed by atoms with van der Waals surface area (Å²) in [5.41, 5.74) is 1.69. The van der Waals surface area contributed by atoms with Gasteiger partial charge in [-0.15, -0.1) is 0 Å². The fourth-order valence-corrected chi connectivity index (χ4v) is 2.24. The van der Waals surface area contributed by atoms with E-state index >= 15 is 0 Å². The molecule has 1 aromatic carbocycles. The number of ether oxygens (including phenoxy) is 1. The summed E-state index contributed by atoms with van der Waals surface area (Å²) < 4.78 is 5.14. The lowest BCUT2D eigenvalue weighted by Crippen LogP contribution is -2.29. The van der Waals surface area contributed by atoms with Crippen LogP contribution in [0.1, 0.15) is 24.0 Å². The number of nitrogens with zero attached hydrogens (tertiary/aromatic N) is 2. The molecule has 1 aromatic rings. The van der Waals surface area contributed by atoms with Gasteiger partial charge in [0.1, 0.15) is 0 Å². The van der Waals surface area contributed by atoms with Crippen molar-refractivity contribution >= 4 is 11.6 Å². The Bertz CT molecular complexity index is 452. The average molecular weight is 265 g/mol. The van der Waals surface area contributed by atoms with Crippen LogP contribution in [0.5, 0.6) is 0 Å². The zero-order valence-electron chi connectivity index (χ0n) is 10.5. The third-order valence-electron chi connectivity index (χ3n) is 3.20. The van der Waals surface area contributed by atoms with Crippen LogP contribution in [0.3, 0.4) is 0 Å². The molecular weight excluding hydrogens is 248 g/mol. The molecule has 0 radical (unpaired) electrons. The van der Waals surface area contributed by atoms with Crippen LogP contribution in [-0.2, 0) is 11.3 Å². The highest BCUT2D eigenvalue weighted by molar-refractivity contribution is 6.31. The maximum atomic E-state index is 8.81. The Labute approximate surface area is 113 Å². The van der Waals surface area contributed by atoms with Crippen molar-refractivity contribution in [3.8, 4) is 6.07 Å². The molecule has 0 unspecified atom stereocenters. The van der Waals surface area contributed by atoms with Crippen LogP contribution in [0.15, 0.2) is 18.2 Å². The molecule has 1 fully saturated rings. The van der Waals surface area contributed by atoms with E-state index in [9.17, 15) is 0 Å². The molecule has 0 N–H and O–H groups in total. The van der Waals surface area contributed by atoms with E-state index in [1.165, 1.54) is 12.8 Å². The molecule has 1 saturated carbocycles. The van der Waals surface area contributed by atoms with Gasteiger partial charge in [-0.1, -0.05) is 17.7 Å². The van der Waals surface area contributed by atoms with Crippen LogP contribution in [-0.4, -0.2) is 31.2 Å². The normalized spacial score (nSPS) is 14.8. The minimum Gasteiger partial charge on any atom is -0.383 e. The van der Waals surface area contributed by atoms with Crippen LogP contribution in [0.25, 0.3) is 0 Å². The molecule has 0 amide bonds. The number of rotatable bonds is 6. The van der Waals surface area contributed by atoms with E-state index in [0.717, 1.165) is 25.3 Å². The van der Waals surface area contributed by atoms with Crippen molar-refractivity contribution in [2.24, 2.45) is 0 Å². The van der Waals surface area contributed by atoms with Gasteiger partial charge in [0, 0.05) is 31.3 Å². The Morgan fingerprint density at radius 3 is 2.83 bits per heavy atom. The van der Waals surface area contributed by atoms with E-state index in [2.05, 4.69) is 11.0 Å². The van der Waals surface area contributed by atoms with Crippen molar-refractivity contribution in [3.05, 3.63) is 34.3 Å². The summed E-state index contributed by atoms with van der Waals surface area (Å²) in [5, 5.41) is 9.49. The number of hydrogen-bond donors (Lipinski definition) is 0. The van der Waals surface area contributed by atoms with Gasteiger partial charge in [-0.25, -0.2) is 0 Å². The topological polar surface area (TPSA) is 36.3 Å². The number of methoxy groups -OCH3 is 1. The van der Waals surface area contributed by atoms with E-state index < -0.39 is 0 Å². The van der Waals surface area contributed by atoms with Crippen molar-refractivity contribution in [2.45, 2.75) is 25.4 Å². The van der Waals surface area contributed by atoms with Gasteiger partial charge < -0.3 is 4.74 Å². The van der Waals surface area contributed by atoms with E-state index in [1.807, 2.05) is 12.1 Å². The SMILES string of the molecule is COCCN(Cc1ccc(C#N)cc1Cl)C1CC1. The van der Waals surface area contributed by atoms with Gasteiger partial charge in [0.25, 0.3) is 0 Å². The molecule has 0 atom stereocenters. The Kier molecular flexibility index (Phi) is 4.60. The van der Waals surface area contributed by atoms with E-state index in [0.29, 0.717) is 16.6 Å². The standard InChI is InChI=1S/C14H17ClN2O/c1-18-7-6-17(13-4-5-13)10-12-3-2-11(9-16)8-14(12)15/h2-3,8,13H,4-7,10H2,1H3. The van der Waals surface area contributed by atoms with Crippen molar-refractivity contribution in [3.63, 3.8) is 0 Å². The lowest BCUT2D eigenvalue weighted by atomic mass is 10.1. The molecule has 1 aliphatic carbocycles. The van der Waals surface area contributed by atoms with Crippen molar-refractivity contribution < 1.29 is 4.74 Å². The lowest BCUT2D eigenvalue weighted by Gasteiger charge is -2.22. The van der Waals surface area contributed by atoms with Crippen LogP contribution in [0.4, 0.5) is 0 Å². The Morgan fingerprint density at radius 2 is 2.28 bits per heavy atom. The quantitative estimate of drug-likeness (QED) is 0.793. The van der Waals surface area contributed by atoms with Gasteiger partial charge in [-0.3, -0.25) is 4.90 Å². The number of halogens is 1. The Morgan fingerprint density at radius 1 is 1.50 bits per heavy atom. The fourth-order valence-electron chi connectivity index (χ4n) is 2.00. The van der Waals surface area contributed by atoms with Gasteiger partial charge >= 0.3 is 0 Å². The number of hydrogen-bond acceptors (Lipinski definition) is 3. The maximum Gasteiger partial charge on any atom is 0.0992 e. The van der Waals surface area contributed by atoms with Crippen molar-refractivity contribution in [1.29, 1.82) is 5.26 Å². The summed E-state index contributed by atoms with van der Waals surface area (Å²) in [7, 11) is 1.72. The predicted molar refractivity (Wildman–Crippen MR) is 71.5 cm³/mol. The third-order valence-corrected chi connectivity index (χ3v) is 3.55. The van der Waals surface area contributed by atoms with Crippen LogP contribution >= 0.6 is 11.6 Å². The Balaban J connectivity index is 2.04. The van der Waals surface area contributed by atoms with Crippen LogP contribution < -0.4 is 0 Å². The maximum absolute atomic E-state index is 8.81. The van der Waals surface area contributed by atoms with Crippen molar-refractivity contribution in [2.75, 3.05) is 20.3 Å². The molecule has 0 spiro atoms. The third kappa shape index (κ3) is 3.46. The first-order valence-electron chi connectivity index (χ1n) is 6.16. The van der Waals surface area contributed by atoms with Gasteiger partial charge in [-0.2, -0.15) is 5.26 Å². The second-order valence-electron chi connectivity index (χ2n) is 4.61. The zero-order valence-corrected chi connectivity index (χ0v) is 11.3. The monoisotopic (exact) mass is 264 g/mol.